The van der Waals surface area contributed by atoms with Crippen LogP contribution in [-0.4, -0.2) is 32.0 Å². The van der Waals surface area contributed by atoms with Crippen LogP contribution in [0.25, 0.3) is 0 Å². The van der Waals surface area contributed by atoms with Crippen molar-refractivity contribution in [1.82, 2.24) is 19.8 Å². The van der Waals surface area contributed by atoms with Gasteiger partial charge in [0.1, 0.15) is 0 Å². The first kappa shape index (κ1) is 24.5. The average molecular weight is 502 g/mol. The second-order valence-electron chi connectivity index (χ2n) is 10.1. The Labute approximate surface area is 219 Å². The minimum Gasteiger partial charge on any atom is -0.352 e. The van der Waals surface area contributed by atoms with Crippen LogP contribution in [-0.2, 0) is 4.79 Å². The van der Waals surface area contributed by atoms with Crippen molar-refractivity contribution in [1.29, 1.82) is 0 Å². The number of thiocarbonyl (C=S) groups is 1. The van der Waals surface area contributed by atoms with E-state index in [1.165, 1.54) is 37.7 Å². The number of carbonyl (C=O) groups excluding carboxylic acids is 1. The smallest absolute Gasteiger partial charge is 0.226 e. The lowest BCUT2D eigenvalue weighted by molar-refractivity contribution is -0.116. The molecule has 7 heteroatoms. The summed E-state index contributed by atoms with van der Waals surface area (Å²) in [5.74, 6) is -0.00804. The molecule has 1 saturated heterocycles. The highest BCUT2D eigenvalue weighted by molar-refractivity contribution is 7.80. The number of hydrogen-bond acceptors (Lipinski definition) is 3. The molecule has 6 nitrogen and oxygen atoms in total. The summed E-state index contributed by atoms with van der Waals surface area (Å²) in [4.78, 5) is 19.7. The van der Waals surface area contributed by atoms with Crippen molar-refractivity contribution in [3.63, 3.8) is 0 Å². The maximum Gasteiger partial charge on any atom is 0.226 e. The highest BCUT2D eigenvalue weighted by Gasteiger charge is 2.40. The number of aromatic nitrogens is 2. The molecule has 1 saturated carbocycles. The Kier molecular flexibility index (Phi) is 7.37. The highest BCUT2D eigenvalue weighted by Crippen LogP contribution is 2.40. The van der Waals surface area contributed by atoms with Gasteiger partial charge in [0.05, 0.1) is 17.8 Å². The number of carbonyl (C=O) groups is 1. The van der Waals surface area contributed by atoms with Crippen molar-refractivity contribution in [3.05, 3.63) is 83.4 Å². The van der Waals surface area contributed by atoms with E-state index in [1.54, 1.807) is 0 Å². The number of amides is 1. The molecule has 188 valence electrons. The van der Waals surface area contributed by atoms with Crippen molar-refractivity contribution in [2.75, 3.05) is 11.9 Å². The van der Waals surface area contributed by atoms with Crippen LogP contribution in [0.4, 0.5) is 5.69 Å². The van der Waals surface area contributed by atoms with Gasteiger partial charge in [-0.1, -0.05) is 37.5 Å². The van der Waals surface area contributed by atoms with Gasteiger partial charge >= 0.3 is 0 Å². The maximum atomic E-state index is 12.9. The van der Waals surface area contributed by atoms with Gasteiger partial charge in [-0.25, -0.2) is 0 Å². The molecule has 1 amide bonds. The molecule has 2 atom stereocenters. The van der Waals surface area contributed by atoms with E-state index in [0.29, 0.717) is 24.1 Å². The second-order valence-corrected chi connectivity index (χ2v) is 10.5. The summed E-state index contributed by atoms with van der Waals surface area (Å²) >= 11 is 5.79. The number of pyridine rings is 1. The summed E-state index contributed by atoms with van der Waals surface area (Å²) in [5, 5.41) is 7.26. The summed E-state index contributed by atoms with van der Waals surface area (Å²) in [6, 6.07) is 14.8. The summed E-state index contributed by atoms with van der Waals surface area (Å²) in [6.07, 6.45) is 13.1. The number of benzene rings is 1. The van der Waals surface area contributed by atoms with E-state index in [9.17, 15) is 4.79 Å². The lowest BCUT2D eigenvalue weighted by Crippen LogP contribution is -2.32. The SMILES string of the molecule is Cc1ccc(C)c(NC(=O)CCN2C(=S)N[C@H](c3ccccn3)[C@@H]2c2ccn(C3CCCCC3)c2)c1. The fourth-order valence-corrected chi connectivity index (χ4v) is 5.86. The topological polar surface area (TPSA) is 62.2 Å². The van der Waals surface area contributed by atoms with E-state index in [0.717, 1.165) is 22.5 Å². The van der Waals surface area contributed by atoms with Gasteiger partial charge < -0.3 is 20.1 Å². The van der Waals surface area contributed by atoms with Crippen molar-refractivity contribution >= 4 is 28.9 Å². The lowest BCUT2D eigenvalue weighted by Gasteiger charge is -2.27. The maximum absolute atomic E-state index is 12.9. The van der Waals surface area contributed by atoms with E-state index < -0.39 is 0 Å². The number of anilines is 1. The Morgan fingerprint density at radius 2 is 1.97 bits per heavy atom. The van der Waals surface area contributed by atoms with Crippen LogP contribution >= 0.6 is 12.2 Å². The number of aryl methyl sites for hydroxylation is 2. The van der Waals surface area contributed by atoms with E-state index in [1.807, 2.05) is 50.4 Å². The van der Waals surface area contributed by atoms with Crippen LogP contribution in [0, 0.1) is 13.8 Å². The Morgan fingerprint density at radius 3 is 2.75 bits per heavy atom. The zero-order valence-corrected chi connectivity index (χ0v) is 21.9. The molecule has 3 heterocycles. The van der Waals surface area contributed by atoms with Crippen LogP contribution in [0.5, 0.6) is 0 Å². The molecule has 2 aliphatic rings. The zero-order valence-electron chi connectivity index (χ0n) is 21.1. The van der Waals surface area contributed by atoms with Crippen LogP contribution in [0.1, 0.15) is 79.0 Å². The third-order valence-electron chi connectivity index (χ3n) is 7.52. The van der Waals surface area contributed by atoms with Gasteiger partial charge in [-0.3, -0.25) is 9.78 Å². The van der Waals surface area contributed by atoms with Gasteiger partial charge in [0.15, 0.2) is 5.11 Å². The lowest BCUT2D eigenvalue weighted by atomic mass is 9.95. The van der Waals surface area contributed by atoms with E-state index >= 15 is 0 Å². The highest BCUT2D eigenvalue weighted by atomic mass is 32.1. The number of hydrogen-bond donors (Lipinski definition) is 2. The normalized spacial score (nSPS) is 20.4. The van der Waals surface area contributed by atoms with Crippen LogP contribution in [0.3, 0.4) is 0 Å². The molecule has 0 radical (unpaired) electrons. The number of nitrogens with one attached hydrogen (secondary N) is 2. The molecule has 36 heavy (non-hydrogen) atoms. The second kappa shape index (κ2) is 10.8. The minimum absolute atomic E-state index is 0.00804. The van der Waals surface area contributed by atoms with Crippen molar-refractivity contribution < 1.29 is 4.79 Å². The standard InChI is InChI=1S/C29H35N5OS/c1-20-11-12-21(2)25(18-20)31-26(35)14-17-34-28(27(32-29(34)36)24-10-6-7-15-30-24)22-13-16-33(19-22)23-8-4-3-5-9-23/h6-7,10-13,15-16,18-19,23,27-28H,3-5,8-9,14,17H2,1-2H3,(H,31,35)(H,32,36)/t27-,28+/m1/s1. The molecule has 1 aliphatic carbocycles. The molecular weight excluding hydrogens is 466 g/mol. The minimum atomic E-state index is -0.0667. The van der Waals surface area contributed by atoms with Gasteiger partial charge in [0.25, 0.3) is 0 Å². The van der Waals surface area contributed by atoms with Gasteiger partial charge in [0, 0.05) is 43.3 Å². The number of rotatable bonds is 7. The Morgan fingerprint density at radius 1 is 1.14 bits per heavy atom. The first-order chi connectivity index (χ1) is 17.5. The van der Waals surface area contributed by atoms with Crippen molar-refractivity contribution in [2.24, 2.45) is 0 Å². The fourth-order valence-electron chi connectivity index (χ4n) is 5.53. The van der Waals surface area contributed by atoms with E-state index in [-0.39, 0.29) is 18.0 Å². The first-order valence-corrected chi connectivity index (χ1v) is 13.4. The monoisotopic (exact) mass is 501 g/mol. The summed E-state index contributed by atoms with van der Waals surface area (Å²) in [6.45, 7) is 4.58. The van der Waals surface area contributed by atoms with Crippen molar-refractivity contribution in [3.8, 4) is 0 Å². The number of nitrogens with zero attached hydrogens (tertiary/aromatic N) is 3. The molecule has 1 aromatic carbocycles. The molecule has 2 aromatic heterocycles. The molecule has 3 aromatic rings. The Bertz CT molecular complexity index is 1220. The molecule has 2 N–H and O–H groups in total. The molecule has 0 unspecified atom stereocenters. The molecule has 2 fully saturated rings. The van der Waals surface area contributed by atoms with Gasteiger partial charge in [-0.05, 0) is 79.9 Å². The summed E-state index contributed by atoms with van der Waals surface area (Å²) in [7, 11) is 0. The molecule has 0 spiro atoms. The first-order valence-electron chi connectivity index (χ1n) is 13.0. The van der Waals surface area contributed by atoms with Gasteiger partial charge in [-0.15, -0.1) is 0 Å². The van der Waals surface area contributed by atoms with Gasteiger partial charge in [0.2, 0.25) is 5.91 Å². The van der Waals surface area contributed by atoms with Crippen molar-refractivity contribution in [2.45, 2.75) is 70.5 Å². The van der Waals surface area contributed by atoms with Gasteiger partial charge in [-0.2, -0.15) is 0 Å². The predicted octanol–water partition coefficient (Wildman–Crippen LogP) is 6.01. The third-order valence-corrected chi connectivity index (χ3v) is 7.87. The summed E-state index contributed by atoms with van der Waals surface area (Å²) in [5.41, 5.74) is 5.22. The zero-order chi connectivity index (χ0) is 25.1. The molecule has 1 aliphatic heterocycles. The van der Waals surface area contributed by atoms with Crippen LogP contribution in [0.15, 0.2) is 61.1 Å². The quantitative estimate of drug-likeness (QED) is 0.389. The largest absolute Gasteiger partial charge is 0.352 e. The molecule has 5 rings (SSSR count). The Balaban J connectivity index is 1.36. The fraction of sp³-hybridized carbons (Fsp3) is 0.414. The average Bonchev–Trinajstić information content (AvgIpc) is 3.50. The van der Waals surface area contributed by atoms with E-state index in [4.69, 9.17) is 12.2 Å². The van der Waals surface area contributed by atoms with Crippen LogP contribution < -0.4 is 10.6 Å². The third kappa shape index (κ3) is 5.31. The van der Waals surface area contributed by atoms with Crippen LogP contribution in [0.2, 0.25) is 0 Å². The van der Waals surface area contributed by atoms with E-state index in [2.05, 4.69) is 49.6 Å². The predicted molar refractivity (Wildman–Crippen MR) is 148 cm³/mol. The molecular formula is C29H35N5OS. The summed E-state index contributed by atoms with van der Waals surface area (Å²) < 4.78 is 2.39. The Hall–Kier alpha value is -3.19. The molecule has 0 bridgehead atoms.